The molecule has 1 heteroatoms. The van der Waals surface area contributed by atoms with E-state index in [2.05, 4.69) is 140 Å². The van der Waals surface area contributed by atoms with Crippen molar-refractivity contribution in [2.24, 2.45) is 5.92 Å². The third kappa shape index (κ3) is 11.6. The first-order valence-electron chi connectivity index (χ1n) is 16.4. The van der Waals surface area contributed by atoms with Crippen molar-refractivity contribution in [3.05, 3.63) is 137 Å². The summed E-state index contributed by atoms with van der Waals surface area (Å²) in [6, 6.07) is 7.08. The van der Waals surface area contributed by atoms with E-state index in [1.807, 2.05) is 6.08 Å². The predicted molar refractivity (Wildman–Crippen MR) is 194 cm³/mol. The number of allylic oxidation sites excluding steroid dienone is 17. The summed E-state index contributed by atoms with van der Waals surface area (Å²) >= 11 is 0. The van der Waals surface area contributed by atoms with Crippen molar-refractivity contribution in [1.29, 1.82) is 5.41 Å². The maximum atomic E-state index is 7.77. The molecule has 0 saturated heterocycles. The Morgan fingerprint density at radius 1 is 0.977 bits per heavy atom. The molecule has 0 saturated carbocycles. The van der Waals surface area contributed by atoms with E-state index in [0.29, 0.717) is 0 Å². The van der Waals surface area contributed by atoms with Crippen molar-refractivity contribution in [2.75, 3.05) is 0 Å². The fraction of sp³-hybridized carbons (Fsp3) is 0.405. The molecule has 1 aromatic carbocycles. The van der Waals surface area contributed by atoms with E-state index >= 15 is 0 Å². The maximum Gasteiger partial charge on any atom is 0.0157 e. The SMILES string of the molecule is C=C\C(=C/C=C(C)/C(/C=C\C)=C/C=C/C/C=C(/C(C)=C/C=C\CC)C(C)C=N)c1ccc2c(c1)C(C)(C)CCCCCC2. The average Bonchev–Trinajstić information content (AvgIpc) is 3.06. The van der Waals surface area contributed by atoms with Crippen LogP contribution in [0.5, 0.6) is 0 Å². The molecule has 2 rings (SSSR count). The van der Waals surface area contributed by atoms with Crippen LogP contribution in [0.3, 0.4) is 0 Å². The lowest BCUT2D eigenvalue weighted by atomic mass is 9.77. The number of nitrogens with one attached hydrogen (secondary N) is 1. The maximum absolute atomic E-state index is 7.77. The molecule has 0 spiro atoms. The second-order valence-electron chi connectivity index (χ2n) is 12.4. The van der Waals surface area contributed by atoms with Crippen LogP contribution in [-0.4, -0.2) is 6.21 Å². The van der Waals surface area contributed by atoms with Gasteiger partial charge in [-0.3, -0.25) is 0 Å². The topological polar surface area (TPSA) is 23.9 Å². The molecule has 1 unspecified atom stereocenters. The molecule has 1 aromatic rings. The number of fused-ring (bicyclic) bond motifs is 1. The molecule has 0 aromatic heterocycles. The van der Waals surface area contributed by atoms with Crippen LogP contribution in [0.4, 0.5) is 0 Å². The Hall–Kier alpha value is -3.45. The third-order valence-electron chi connectivity index (χ3n) is 8.50. The second-order valence-corrected chi connectivity index (χ2v) is 12.4. The smallest absolute Gasteiger partial charge is 0.0157 e. The fourth-order valence-corrected chi connectivity index (χ4v) is 5.75. The van der Waals surface area contributed by atoms with E-state index in [1.165, 1.54) is 83.7 Å². The number of benzene rings is 1. The van der Waals surface area contributed by atoms with Gasteiger partial charge >= 0.3 is 0 Å². The van der Waals surface area contributed by atoms with E-state index < -0.39 is 0 Å². The van der Waals surface area contributed by atoms with E-state index in [4.69, 9.17) is 5.41 Å². The Kier molecular flexibility index (Phi) is 15.8. The summed E-state index contributed by atoms with van der Waals surface area (Å²) in [6.45, 7) is 19.6. The highest BCUT2D eigenvalue weighted by atomic mass is 14.3. The second kappa shape index (κ2) is 19.0. The number of hydrogen-bond donors (Lipinski definition) is 1. The first kappa shape index (κ1) is 35.7. The minimum absolute atomic E-state index is 0.101. The molecule has 1 aliphatic carbocycles. The first-order chi connectivity index (χ1) is 20.7. The van der Waals surface area contributed by atoms with Crippen molar-refractivity contribution >= 4 is 11.8 Å². The van der Waals surface area contributed by atoms with Crippen molar-refractivity contribution in [2.45, 2.75) is 105 Å². The van der Waals surface area contributed by atoms with Gasteiger partial charge in [-0.1, -0.05) is 145 Å². The summed E-state index contributed by atoms with van der Waals surface area (Å²) in [4.78, 5) is 0. The van der Waals surface area contributed by atoms with Gasteiger partial charge in [-0.05, 0) is 103 Å². The fourth-order valence-electron chi connectivity index (χ4n) is 5.75. The normalized spacial score (nSPS) is 18.4. The molecule has 0 amide bonds. The van der Waals surface area contributed by atoms with Crippen LogP contribution in [0.15, 0.2) is 120 Å². The third-order valence-corrected chi connectivity index (χ3v) is 8.50. The Morgan fingerprint density at radius 3 is 2.42 bits per heavy atom. The van der Waals surface area contributed by atoms with E-state index in [-0.39, 0.29) is 11.3 Å². The molecular weight excluding hydrogens is 518 g/mol. The largest absolute Gasteiger partial charge is 0.312 e. The molecule has 43 heavy (non-hydrogen) atoms. The van der Waals surface area contributed by atoms with Crippen LogP contribution in [-0.2, 0) is 11.8 Å². The Labute approximate surface area is 264 Å². The summed E-state index contributed by atoms with van der Waals surface area (Å²) in [7, 11) is 0. The predicted octanol–water partition coefficient (Wildman–Crippen LogP) is 12.6. The Morgan fingerprint density at radius 2 is 1.72 bits per heavy atom. The molecule has 1 atom stereocenters. The van der Waals surface area contributed by atoms with Gasteiger partial charge in [-0.2, -0.15) is 0 Å². The molecule has 0 fully saturated rings. The molecule has 1 N–H and O–H groups in total. The summed E-state index contributed by atoms with van der Waals surface area (Å²) in [5, 5.41) is 7.77. The standard InChI is InChI=1S/C42H57N/c1-9-12-16-22-34(5)40(35(6)32-43)25-19-15-18-23-37(21-10-2)33(4)26-27-36(11-3)39-29-28-38-24-17-13-14-20-30-42(7,8)41(38)31-39/h10-12,15-16,18,21-23,25-29,31-32,35,43H,3,9,13-14,17,19-20,24,30H2,1-2,4-8H3/b16-12-,18-15+,21-10-,33-26+,34-22+,36-27+,37-23+,40-25-,43-32?. The summed E-state index contributed by atoms with van der Waals surface area (Å²) in [5.41, 5.74) is 10.4. The van der Waals surface area contributed by atoms with Crippen molar-refractivity contribution in [3.63, 3.8) is 0 Å². The lowest BCUT2D eigenvalue weighted by molar-refractivity contribution is 0.451. The highest BCUT2D eigenvalue weighted by Gasteiger charge is 2.24. The van der Waals surface area contributed by atoms with Crippen LogP contribution in [0.1, 0.15) is 110 Å². The van der Waals surface area contributed by atoms with Crippen LogP contribution >= 0.6 is 0 Å². The molecule has 1 aliphatic rings. The van der Waals surface area contributed by atoms with Crippen molar-refractivity contribution < 1.29 is 0 Å². The summed E-state index contributed by atoms with van der Waals surface area (Å²) in [5.74, 6) is 0.101. The minimum Gasteiger partial charge on any atom is -0.312 e. The van der Waals surface area contributed by atoms with Gasteiger partial charge in [0.05, 0.1) is 0 Å². The highest BCUT2D eigenvalue weighted by Crippen LogP contribution is 2.36. The molecule has 0 heterocycles. The van der Waals surface area contributed by atoms with Gasteiger partial charge in [0.1, 0.15) is 0 Å². The van der Waals surface area contributed by atoms with Gasteiger partial charge in [0, 0.05) is 12.1 Å². The van der Waals surface area contributed by atoms with Gasteiger partial charge in [-0.25, -0.2) is 0 Å². The lowest BCUT2D eigenvalue weighted by Gasteiger charge is -2.28. The molecule has 230 valence electrons. The van der Waals surface area contributed by atoms with Crippen LogP contribution in [0, 0.1) is 11.3 Å². The first-order valence-corrected chi connectivity index (χ1v) is 16.4. The van der Waals surface area contributed by atoms with Gasteiger partial charge in [0.2, 0.25) is 0 Å². The monoisotopic (exact) mass is 575 g/mol. The Bertz CT molecular complexity index is 1310. The zero-order valence-electron chi connectivity index (χ0n) is 28.2. The molecule has 0 bridgehead atoms. The van der Waals surface area contributed by atoms with Crippen molar-refractivity contribution in [3.8, 4) is 0 Å². The zero-order chi connectivity index (χ0) is 31.7. The summed E-state index contributed by atoms with van der Waals surface area (Å²) < 4.78 is 0. The number of aryl methyl sites for hydroxylation is 1. The highest BCUT2D eigenvalue weighted by molar-refractivity contribution is 5.76. The minimum atomic E-state index is 0.101. The summed E-state index contributed by atoms with van der Waals surface area (Å²) in [6.07, 6.45) is 36.9. The van der Waals surface area contributed by atoms with Crippen LogP contribution in [0.2, 0.25) is 0 Å². The average molecular weight is 576 g/mol. The van der Waals surface area contributed by atoms with Crippen molar-refractivity contribution in [1.82, 2.24) is 0 Å². The molecule has 0 aliphatic heterocycles. The quantitative estimate of drug-likeness (QED) is 0.179. The van der Waals surface area contributed by atoms with Crippen LogP contribution in [0.25, 0.3) is 5.57 Å². The molecule has 1 nitrogen and oxygen atoms in total. The van der Waals surface area contributed by atoms with E-state index in [1.54, 1.807) is 0 Å². The molecular formula is C42H57N. The van der Waals surface area contributed by atoms with Gasteiger partial charge in [0.25, 0.3) is 0 Å². The van der Waals surface area contributed by atoms with E-state index in [9.17, 15) is 0 Å². The van der Waals surface area contributed by atoms with Gasteiger partial charge < -0.3 is 5.41 Å². The lowest BCUT2D eigenvalue weighted by Crippen LogP contribution is -2.19. The van der Waals surface area contributed by atoms with E-state index in [0.717, 1.165) is 18.4 Å². The number of rotatable bonds is 13. The molecule has 0 radical (unpaired) electrons. The number of hydrogen-bond acceptors (Lipinski definition) is 1. The van der Waals surface area contributed by atoms with Gasteiger partial charge in [0.15, 0.2) is 0 Å². The zero-order valence-corrected chi connectivity index (χ0v) is 28.2. The van der Waals surface area contributed by atoms with Crippen LogP contribution < -0.4 is 0 Å². The van der Waals surface area contributed by atoms with Gasteiger partial charge in [-0.15, -0.1) is 0 Å². The Balaban J connectivity index is 2.30.